The largest absolute Gasteiger partial charge is 0.459 e. The Morgan fingerprint density at radius 2 is 1.74 bits per heavy atom. The second-order valence-corrected chi connectivity index (χ2v) is 5.02. The third-order valence-corrected chi connectivity index (χ3v) is 3.41. The number of likely N-dealkylation sites (N-methyl/N-ethyl adjacent to an activating group) is 1. The molecule has 2 N–H and O–H groups in total. The Balaban J connectivity index is 1.97. The number of nitrogens with one attached hydrogen (secondary N) is 2. The van der Waals surface area contributed by atoms with Crippen LogP contribution in [0.1, 0.15) is 24.4 Å². The first-order valence-electron chi connectivity index (χ1n) is 7.59. The molecule has 2 rings (SSSR count). The molecular formula is C17H21N3O3. The number of benzene rings is 1. The Bertz CT molecular complexity index is 649. The average Bonchev–Trinajstić information content (AvgIpc) is 3.07. The van der Waals surface area contributed by atoms with Crippen LogP contribution in [-0.2, 0) is 4.79 Å². The number of rotatable bonds is 7. The lowest BCUT2D eigenvalue weighted by Gasteiger charge is -2.17. The number of hydrogen-bond donors (Lipinski definition) is 2. The minimum Gasteiger partial charge on any atom is -0.459 e. The number of amides is 2. The van der Waals surface area contributed by atoms with E-state index < -0.39 is 0 Å². The Labute approximate surface area is 135 Å². The van der Waals surface area contributed by atoms with E-state index in [-0.39, 0.29) is 17.6 Å². The minimum absolute atomic E-state index is 0.0804. The van der Waals surface area contributed by atoms with Gasteiger partial charge in [0, 0.05) is 11.4 Å². The predicted octanol–water partition coefficient (Wildman–Crippen LogP) is 2.81. The zero-order valence-electron chi connectivity index (χ0n) is 13.3. The zero-order chi connectivity index (χ0) is 16.7. The Kier molecular flexibility index (Phi) is 5.94. The van der Waals surface area contributed by atoms with Crippen molar-refractivity contribution in [1.82, 2.24) is 4.90 Å². The molecule has 0 aliphatic rings. The van der Waals surface area contributed by atoms with Crippen molar-refractivity contribution in [3.05, 3.63) is 48.4 Å². The summed E-state index contributed by atoms with van der Waals surface area (Å²) in [7, 11) is 0. The highest BCUT2D eigenvalue weighted by Gasteiger charge is 2.10. The van der Waals surface area contributed by atoms with Gasteiger partial charge in [-0.25, -0.2) is 0 Å². The van der Waals surface area contributed by atoms with Crippen LogP contribution in [-0.4, -0.2) is 36.3 Å². The van der Waals surface area contributed by atoms with Crippen LogP contribution in [0.5, 0.6) is 0 Å². The molecule has 1 aromatic carbocycles. The van der Waals surface area contributed by atoms with Crippen molar-refractivity contribution in [3.63, 3.8) is 0 Å². The van der Waals surface area contributed by atoms with Crippen LogP contribution in [0.3, 0.4) is 0 Å². The third-order valence-electron chi connectivity index (χ3n) is 3.41. The molecular weight excluding hydrogens is 294 g/mol. The second kappa shape index (κ2) is 8.14. The fourth-order valence-electron chi connectivity index (χ4n) is 2.13. The molecule has 1 aromatic heterocycles. The first kappa shape index (κ1) is 16.8. The molecule has 0 aliphatic carbocycles. The number of anilines is 2. The summed E-state index contributed by atoms with van der Waals surface area (Å²) in [5.74, 6) is -0.175. The van der Waals surface area contributed by atoms with Crippen molar-refractivity contribution >= 4 is 23.2 Å². The van der Waals surface area contributed by atoms with E-state index in [1.54, 1.807) is 36.4 Å². The van der Waals surface area contributed by atoms with E-state index >= 15 is 0 Å². The van der Waals surface area contributed by atoms with Crippen LogP contribution in [0.4, 0.5) is 11.4 Å². The summed E-state index contributed by atoms with van der Waals surface area (Å²) >= 11 is 0. The van der Waals surface area contributed by atoms with Crippen LogP contribution in [0.15, 0.2) is 47.1 Å². The maximum absolute atomic E-state index is 12.0. The van der Waals surface area contributed by atoms with Gasteiger partial charge in [0.1, 0.15) is 0 Å². The van der Waals surface area contributed by atoms with Gasteiger partial charge in [-0.1, -0.05) is 19.9 Å². The van der Waals surface area contributed by atoms with Crippen LogP contribution < -0.4 is 10.6 Å². The Morgan fingerprint density at radius 3 is 2.35 bits per heavy atom. The van der Waals surface area contributed by atoms with E-state index in [1.165, 1.54) is 6.26 Å². The van der Waals surface area contributed by atoms with E-state index in [0.717, 1.165) is 13.1 Å². The summed E-state index contributed by atoms with van der Waals surface area (Å²) in [5.41, 5.74) is 1.23. The van der Waals surface area contributed by atoms with Gasteiger partial charge in [0.05, 0.1) is 12.8 Å². The molecule has 122 valence electrons. The van der Waals surface area contributed by atoms with Crippen molar-refractivity contribution in [2.75, 3.05) is 30.3 Å². The van der Waals surface area contributed by atoms with E-state index in [9.17, 15) is 9.59 Å². The maximum atomic E-state index is 12.0. The molecule has 0 atom stereocenters. The predicted molar refractivity (Wildman–Crippen MR) is 89.5 cm³/mol. The van der Waals surface area contributed by atoms with E-state index in [0.29, 0.717) is 17.9 Å². The third kappa shape index (κ3) is 4.96. The van der Waals surface area contributed by atoms with Gasteiger partial charge in [-0.3, -0.25) is 14.5 Å². The van der Waals surface area contributed by atoms with E-state index in [1.807, 2.05) is 18.7 Å². The Hall–Kier alpha value is -2.60. The van der Waals surface area contributed by atoms with Crippen molar-refractivity contribution in [3.8, 4) is 0 Å². The summed E-state index contributed by atoms with van der Waals surface area (Å²) in [4.78, 5) is 26.0. The summed E-state index contributed by atoms with van der Waals surface area (Å²) in [6.45, 7) is 6.02. The second-order valence-electron chi connectivity index (χ2n) is 5.02. The topological polar surface area (TPSA) is 74.6 Å². The van der Waals surface area contributed by atoms with Gasteiger partial charge in [0.15, 0.2) is 5.76 Å². The van der Waals surface area contributed by atoms with Crippen LogP contribution in [0.2, 0.25) is 0 Å². The molecule has 0 saturated heterocycles. The monoisotopic (exact) mass is 315 g/mol. The number of carbonyl (C=O) groups is 2. The maximum Gasteiger partial charge on any atom is 0.291 e. The summed E-state index contributed by atoms with van der Waals surface area (Å²) < 4.78 is 5.04. The number of carbonyl (C=O) groups excluding carboxylic acids is 2. The van der Waals surface area contributed by atoms with Crippen molar-refractivity contribution < 1.29 is 14.0 Å². The highest BCUT2D eigenvalue weighted by molar-refractivity contribution is 6.02. The molecule has 6 heteroatoms. The molecule has 2 aromatic rings. The van der Waals surface area contributed by atoms with Crippen molar-refractivity contribution in [2.24, 2.45) is 0 Å². The van der Waals surface area contributed by atoms with Gasteiger partial charge in [0.25, 0.3) is 5.91 Å². The van der Waals surface area contributed by atoms with Gasteiger partial charge < -0.3 is 15.1 Å². The van der Waals surface area contributed by atoms with Crippen LogP contribution in [0, 0.1) is 0 Å². The standard InChI is InChI=1S/C17H21N3O3/c1-3-20(4-2)12-16(21)18-13-7-5-8-14(11-13)19-17(22)15-9-6-10-23-15/h5-11H,3-4,12H2,1-2H3,(H,18,21)(H,19,22). The van der Waals surface area contributed by atoms with E-state index in [4.69, 9.17) is 4.42 Å². The van der Waals surface area contributed by atoms with Gasteiger partial charge in [-0.05, 0) is 43.4 Å². The molecule has 0 saturated carbocycles. The van der Waals surface area contributed by atoms with Gasteiger partial charge in [0.2, 0.25) is 5.91 Å². The number of furan rings is 1. The lowest BCUT2D eigenvalue weighted by Crippen LogP contribution is -2.32. The highest BCUT2D eigenvalue weighted by atomic mass is 16.3. The van der Waals surface area contributed by atoms with E-state index in [2.05, 4.69) is 10.6 Å². The first-order valence-corrected chi connectivity index (χ1v) is 7.59. The molecule has 0 aliphatic heterocycles. The quantitative estimate of drug-likeness (QED) is 0.824. The highest BCUT2D eigenvalue weighted by Crippen LogP contribution is 2.16. The number of nitrogens with zero attached hydrogens (tertiary/aromatic N) is 1. The molecule has 23 heavy (non-hydrogen) atoms. The van der Waals surface area contributed by atoms with Gasteiger partial charge in [-0.15, -0.1) is 0 Å². The summed E-state index contributed by atoms with van der Waals surface area (Å²) in [5, 5.41) is 5.56. The first-order chi connectivity index (χ1) is 11.1. The Morgan fingerprint density at radius 1 is 1.04 bits per heavy atom. The minimum atomic E-state index is -0.332. The van der Waals surface area contributed by atoms with Gasteiger partial charge in [-0.2, -0.15) is 0 Å². The zero-order valence-corrected chi connectivity index (χ0v) is 13.3. The number of hydrogen-bond acceptors (Lipinski definition) is 4. The summed E-state index contributed by atoms with van der Waals surface area (Å²) in [6, 6.07) is 10.2. The lowest BCUT2D eigenvalue weighted by atomic mass is 10.2. The fraction of sp³-hybridized carbons (Fsp3) is 0.294. The molecule has 0 bridgehead atoms. The lowest BCUT2D eigenvalue weighted by molar-refractivity contribution is -0.117. The smallest absolute Gasteiger partial charge is 0.291 e. The van der Waals surface area contributed by atoms with Crippen LogP contribution in [0.25, 0.3) is 0 Å². The molecule has 6 nitrogen and oxygen atoms in total. The van der Waals surface area contributed by atoms with Crippen molar-refractivity contribution in [1.29, 1.82) is 0 Å². The molecule has 1 heterocycles. The molecule has 0 spiro atoms. The van der Waals surface area contributed by atoms with Crippen LogP contribution >= 0.6 is 0 Å². The fourth-order valence-corrected chi connectivity index (χ4v) is 2.13. The van der Waals surface area contributed by atoms with Crippen molar-refractivity contribution in [2.45, 2.75) is 13.8 Å². The normalized spacial score (nSPS) is 10.6. The molecule has 0 radical (unpaired) electrons. The molecule has 2 amide bonds. The molecule has 0 fully saturated rings. The van der Waals surface area contributed by atoms with Gasteiger partial charge >= 0.3 is 0 Å². The molecule has 0 unspecified atom stereocenters. The summed E-state index contributed by atoms with van der Waals surface area (Å²) in [6.07, 6.45) is 1.44. The SMILES string of the molecule is CCN(CC)CC(=O)Nc1cccc(NC(=O)c2ccco2)c1. The average molecular weight is 315 g/mol.